The Hall–Kier alpha value is -0.910. The largest absolute Gasteiger partial charge is 0.343 e. The summed E-state index contributed by atoms with van der Waals surface area (Å²) in [5.74, 6) is 0.728. The molecule has 0 bridgehead atoms. The van der Waals surface area contributed by atoms with Gasteiger partial charge >= 0.3 is 0 Å². The number of rotatable bonds is 5. The molecule has 0 spiro atoms. The topological polar surface area (TPSA) is 51.0 Å². The molecule has 0 aliphatic rings. The van der Waals surface area contributed by atoms with Gasteiger partial charge in [-0.05, 0) is 12.1 Å². The maximum atomic E-state index is 5.81. The van der Waals surface area contributed by atoms with Crippen molar-refractivity contribution in [2.24, 2.45) is 0 Å². The Labute approximate surface area is 96.3 Å². The summed E-state index contributed by atoms with van der Waals surface area (Å²) in [7, 11) is 0. The van der Waals surface area contributed by atoms with Crippen LogP contribution >= 0.6 is 22.9 Å². The van der Waals surface area contributed by atoms with E-state index in [4.69, 9.17) is 11.6 Å². The first kappa shape index (κ1) is 10.6. The lowest BCUT2D eigenvalue weighted by Gasteiger charge is -1.99. The van der Waals surface area contributed by atoms with Crippen molar-refractivity contribution in [1.29, 1.82) is 0 Å². The first-order valence-electron chi connectivity index (χ1n) is 4.55. The van der Waals surface area contributed by atoms with Crippen LogP contribution < -0.4 is 5.32 Å². The van der Waals surface area contributed by atoms with Gasteiger partial charge in [0, 0.05) is 24.4 Å². The third kappa shape index (κ3) is 3.30. The second-order valence-electron chi connectivity index (χ2n) is 2.98. The molecule has 0 unspecified atom stereocenters. The van der Waals surface area contributed by atoms with Gasteiger partial charge in [0.25, 0.3) is 0 Å². The third-order valence-corrected chi connectivity index (χ3v) is 3.09. The van der Waals surface area contributed by atoms with Gasteiger partial charge in [-0.25, -0.2) is 0 Å². The number of aromatic nitrogens is 2. The van der Waals surface area contributed by atoms with E-state index < -0.39 is 0 Å². The van der Waals surface area contributed by atoms with Crippen LogP contribution in [0.25, 0.3) is 0 Å². The Morgan fingerprint density at radius 2 is 2.40 bits per heavy atom. The lowest BCUT2D eigenvalue weighted by atomic mass is 10.4. The summed E-state index contributed by atoms with van der Waals surface area (Å²) in [4.78, 5) is 5.16. The number of halogens is 1. The molecule has 0 aromatic carbocycles. The van der Waals surface area contributed by atoms with Crippen molar-refractivity contribution in [2.45, 2.75) is 13.0 Å². The van der Waals surface area contributed by atoms with Crippen LogP contribution in [-0.2, 0) is 13.0 Å². The zero-order valence-corrected chi connectivity index (χ0v) is 9.51. The van der Waals surface area contributed by atoms with E-state index in [0.717, 1.165) is 29.7 Å². The molecule has 15 heavy (non-hydrogen) atoms. The Balaban J connectivity index is 1.67. The summed E-state index contributed by atoms with van der Waals surface area (Å²) in [5, 5.41) is 7.00. The number of hydrogen-bond acceptors (Lipinski definition) is 5. The van der Waals surface area contributed by atoms with E-state index in [1.165, 1.54) is 11.3 Å². The molecule has 6 heteroatoms. The van der Waals surface area contributed by atoms with Gasteiger partial charge in [-0.3, -0.25) is 0 Å². The second kappa shape index (κ2) is 5.25. The predicted molar refractivity (Wildman–Crippen MR) is 59.0 cm³/mol. The van der Waals surface area contributed by atoms with E-state index in [2.05, 4.69) is 20.0 Å². The molecular weight excluding hydrogens is 234 g/mol. The molecule has 0 fully saturated rings. The normalized spacial score (nSPS) is 10.7. The van der Waals surface area contributed by atoms with Gasteiger partial charge in [0.15, 0.2) is 5.82 Å². The van der Waals surface area contributed by atoms with E-state index in [9.17, 15) is 0 Å². The number of nitrogens with one attached hydrogen (secondary N) is 1. The van der Waals surface area contributed by atoms with Gasteiger partial charge in [-0.1, -0.05) is 16.8 Å². The van der Waals surface area contributed by atoms with Gasteiger partial charge in [-0.2, -0.15) is 4.98 Å². The standard InChI is InChI=1S/C9H10ClN3OS/c10-8-2-1-7(15-8)5-11-4-3-9-12-6-14-13-9/h1-2,6,11H,3-5H2. The average molecular weight is 244 g/mol. The summed E-state index contributed by atoms with van der Waals surface area (Å²) in [6.07, 6.45) is 2.12. The highest BCUT2D eigenvalue weighted by atomic mass is 35.5. The minimum absolute atomic E-state index is 0.728. The fourth-order valence-electron chi connectivity index (χ4n) is 1.16. The van der Waals surface area contributed by atoms with Crippen LogP contribution in [0.4, 0.5) is 0 Å². The van der Waals surface area contributed by atoms with E-state index in [1.807, 2.05) is 12.1 Å². The van der Waals surface area contributed by atoms with E-state index in [-0.39, 0.29) is 0 Å². The molecule has 80 valence electrons. The summed E-state index contributed by atoms with van der Waals surface area (Å²) in [6, 6.07) is 3.93. The van der Waals surface area contributed by atoms with Crippen LogP contribution in [0.5, 0.6) is 0 Å². The molecule has 2 heterocycles. The molecule has 0 atom stereocenters. The number of thiophene rings is 1. The van der Waals surface area contributed by atoms with E-state index in [0.29, 0.717) is 0 Å². The molecule has 0 amide bonds. The lowest BCUT2D eigenvalue weighted by Crippen LogP contribution is -2.16. The second-order valence-corrected chi connectivity index (χ2v) is 4.78. The van der Waals surface area contributed by atoms with Crippen molar-refractivity contribution in [3.63, 3.8) is 0 Å². The summed E-state index contributed by atoms with van der Waals surface area (Å²) < 4.78 is 5.45. The lowest BCUT2D eigenvalue weighted by molar-refractivity contribution is 0.409. The fraction of sp³-hybridized carbons (Fsp3) is 0.333. The van der Waals surface area contributed by atoms with Crippen molar-refractivity contribution in [3.05, 3.63) is 33.6 Å². The van der Waals surface area contributed by atoms with E-state index >= 15 is 0 Å². The smallest absolute Gasteiger partial charge is 0.213 e. The maximum Gasteiger partial charge on any atom is 0.213 e. The molecule has 2 aromatic heterocycles. The molecule has 0 saturated carbocycles. The minimum atomic E-state index is 0.728. The van der Waals surface area contributed by atoms with Gasteiger partial charge < -0.3 is 9.84 Å². The minimum Gasteiger partial charge on any atom is -0.343 e. The molecule has 0 aliphatic carbocycles. The highest BCUT2D eigenvalue weighted by molar-refractivity contribution is 7.16. The SMILES string of the molecule is Clc1ccc(CNCCc2ncon2)s1. The van der Waals surface area contributed by atoms with Crippen molar-refractivity contribution >= 4 is 22.9 Å². The monoisotopic (exact) mass is 243 g/mol. The zero-order chi connectivity index (χ0) is 10.5. The van der Waals surface area contributed by atoms with Gasteiger partial charge in [0.05, 0.1) is 4.34 Å². The molecular formula is C9H10ClN3OS. The fourth-order valence-corrected chi connectivity index (χ4v) is 2.22. The Morgan fingerprint density at radius 3 is 3.07 bits per heavy atom. The number of hydrogen-bond donors (Lipinski definition) is 1. The van der Waals surface area contributed by atoms with Gasteiger partial charge in [0.2, 0.25) is 6.39 Å². The highest BCUT2D eigenvalue weighted by Crippen LogP contribution is 2.20. The summed E-state index contributed by atoms with van der Waals surface area (Å²) >= 11 is 7.40. The molecule has 4 nitrogen and oxygen atoms in total. The molecule has 2 aromatic rings. The van der Waals surface area contributed by atoms with Gasteiger partial charge in [0.1, 0.15) is 0 Å². The quantitative estimate of drug-likeness (QED) is 0.818. The van der Waals surface area contributed by atoms with Crippen molar-refractivity contribution in [3.8, 4) is 0 Å². The molecule has 1 N–H and O–H groups in total. The van der Waals surface area contributed by atoms with Crippen LogP contribution in [0.3, 0.4) is 0 Å². The van der Waals surface area contributed by atoms with Gasteiger partial charge in [-0.15, -0.1) is 11.3 Å². The Morgan fingerprint density at radius 1 is 1.47 bits per heavy atom. The molecule has 0 radical (unpaired) electrons. The first-order valence-corrected chi connectivity index (χ1v) is 5.74. The number of nitrogens with zero attached hydrogens (tertiary/aromatic N) is 2. The Kier molecular flexibility index (Phi) is 3.71. The van der Waals surface area contributed by atoms with Crippen molar-refractivity contribution < 1.29 is 4.52 Å². The first-order chi connectivity index (χ1) is 7.34. The molecule has 2 rings (SSSR count). The van der Waals surface area contributed by atoms with Crippen molar-refractivity contribution in [1.82, 2.24) is 15.5 Å². The Bertz CT molecular complexity index is 401. The van der Waals surface area contributed by atoms with Crippen LogP contribution in [-0.4, -0.2) is 16.7 Å². The van der Waals surface area contributed by atoms with Crippen molar-refractivity contribution in [2.75, 3.05) is 6.54 Å². The van der Waals surface area contributed by atoms with Crippen LogP contribution in [0, 0.1) is 0 Å². The van der Waals surface area contributed by atoms with E-state index in [1.54, 1.807) is 11.3 Å². The molecule has 0 aliphatic heterocycles. The molecule has 0 saturated heterocycles. The maximum absolute atomic E-state index is 5.81. The summed E-state index contributed by atoms with van der Waals surface area (Å²) in [5.41, 5.74) is 0. The third-order valence-electron chi connectivity index (χ3n) is 1.86. The highest BCUT2D eigenvalue weighted by Gasteiger charge is 1.99. The zero-order valence-electron chi connectivity index (χ0n) is 7.94. The van der Waals surface area contributed by atoms with Crippen LogP contribution in [0.15, 0.2) is 23.0 Å². The van der Waals surface area contributed by atoms with Crippen LogP contribution in [0.2, 0.25) is 4.34 Å². The summed E-state index contributed by atoms with van der Waals surface area (Å²) in [6.45, 7) is 1.66. The predicted octanol–water partition coefficient (Wildman–Crippen LogP) is 2.12. The average Bonchev–Trinajstić information content (AvgIpc) is 2.84. The van der Waals surface area contributed by atoms with Crippen LogP contribution in [0.1, 0.15) is 10.7 Å².